The number of hydrogen-bond acceptors (Lipinski definition) is 2. The van der Waals surface area contributed by atoms with E-state index in [-0.39, 0.29) is 12.4 Å². The van der Waals surface area contributed by atoms with E-state index in [2.05, 4.69) is 0 Å². The van der Waals surface area contributed by atoms with Crippen LogP contribution in [0.15, 0.2) is 12.2 Å². The number of aliphatic hydroxyl groups excluding tert-OH is 1. The van der Waals surface area contributed by atoms with Gasteiger partial charge in [0, 0.05) is 0 Å². The van der Waals surface area contributed by atoms with Crippen LogP contribution in [0.4, 0.5) is 0 Å². The fourth-order valence-electron chi connectivity index (χ4n) is 0.698. The largest absolute Gasteiger partial charge is 0.395 e. The van der Waals surface area contributed by atoms with Crippen LogP contribution in [-0.2, 0) is 4.79 Å². The zero-order valence-electron chi connectivity index (χ0n) is 7.42. The van der Waals surface area contributed by atoms with Crippen LogP contribution >= 0.6 is 0 Å². The molecule has 0 radical (unpaired) electrons. The Labute approximate surface area is 67.9 Å². The molecule has 64 valence electrons. The molecule has 0 heterocycles. The molecule has 0 rings (SSSR count). The average Bonchev–Trinajstić information content (AvgIpc) is 2.00. The number of hydrogen-bond donors (Lipinski definition) is 1. The first-order valence-corrected chi connectivity index (χ1v) is 3.80. The predicted molar refractivity (Wildman–Crippen MR) is 45.3 cm³/mol. The van der Waals surface area contributed by atoms with Gasteiger partial charge in [-0.1, -0.05) is 19.1 Å². The van der Waals surface area contributed by atoms with Gasteiger partial charge in [0.05, 0.1) is 12.0 Å². The third kappa shape index (κ3) is 2.85. The molecule has 0 aromatic carbocycles. The van der Waals surface area contributed by atoms with Crippen molar-refractivity contribution < 1.29 is 9.90 Å². The number of rotatable bonds is 4. The summed E-state index contributed by atoms with van der Waals surface area (Å²) in [6.45, 7) is 5.11. The summed E-state index contributed by atoms with van der Waals surface area (Å²) in [7, 11) is 0. The Morgan fingerprint density at radius 2 is 2.18 bits per heavy atom. The van der Waals surface area contributed by atoms with Gasteiger partial charge in [-0.2, -0.15) is 0 Å². The van der Waals surface area contributed by atoms with E-state index in [1.807, 2.05) is 19.1 Å². The van der Waals surface area contributed by atoms with Crippen molar-refractivity contribution >= 4 is 5.78 Å². The van der Waals surface area contributed by atoms with Crippen molar-refractivity contribution in [2.75, 3.05) is 6.61 Å². The second kappa shape index (κ2) is 4.29. The molecule has 0 aliphatic heterocycles. The topological polar surface area (TPSA) is 37.3 Å². The van der Waals surface area contributed by atoms with E-state index in [1.165, 1.54) is 6.92 Å². The number of carbonyl (C=O) groups excluding carboxylic acids is 1. The monoisotopic (exact) mass is 156 g/mol. The van der Waals surface area contributed by atoms with Crippen LogP contribution in [0.5, 0.6) is 0 Å². The molecule has 0 aliphatic carbocycles. The first kappa shape index (κ1) is 10.4. The zero-order chi connectivity index (χ0) is 8.91. The number of aliphatic hydroxyl groups is 1. The summed E-state index contributed by atoms with van der Waals surface area (Å²) in [5, 5.41) is 8.93. The van der Waals surface area contributed by atoms with E-state index < -0.39 is 5.41 Å². The Morgan fingerprint density at radius 1 is 1.64 bits per heavy atom. The molecule has 0 bridgehead atoms. The van der Waals surface area contributed by atoms with Crippen LogP contribution in [0.25, 0.3) is 0 Å². The van der Waals surface area contributed by atoms with Crippen LogP contribution < -0.4 is 0 Å². The highest BCUT2D eigenvalue weighted by Crippen LogP contribution is 2.21. The zero-order valence-corrected chi connectivity index (χ0v) is 7.42. The van der Waals surface area contributed by atoms with Crippen LogP contribution in [0, 0.1) is 5.41 Å². The summed E-state index contributed by atoms with van der Waals surface area (Å²) in [6, 6.07) is 0. The fraction of sp³-hybridized carbons (Fsp3) is 0.667. The Bertz CT molecular complexity index is 161. The van der Waals surface area contributed by atoms with Crippen molar-refractivity contribution in [3.8, 4) is 0 Å². The molecular weight excluding hydrogens is 140 g/mol. The maximum absolute atomic E-state index is 11.0. The lowest BCUT2D eigenvalue weighted by Crippen LogP contribution is -2.28. The molecule has 0 amide bonds. The van der Waals surface area contributed by atoms with Gasteiger partial charge in [0.1, 0.15) is 5.78 Å². The highest BCUT2D eigenvalue weighted by molar-refractivity contribution is 5.82. The van der Waals surface area contributed by atoms with Crippen LogP contribution in [0.3, 0.4) is 0 Å². The highest BCUT2D eigenvalue weighted by atomic mass is 16.3. The maximum atomic E-state index is 11.0. The Morgan fingerprint density at radius 3 is 2.45 bits per heavy atom. The molecule has 2 heteroatoms. The number of ketones is 1. The van der Waals surface area contributed by atoms with E-state index >= 15 is 0 Å². The smallest absolute Gasteiger partial charge is 0.138 e. The van der Waals surface area contributed by atoms with Gasteiger partial charge < -0.3 is 5.11 Å². The molecule has 1 N–H and O–H groups in total. The Kier molecular flexibility index (Phi) is 4.04. The summed E-state index contributed by atoms with van der Waals surface area (Å²) >= 11 is 0. The third-order valence-corrected chi connectivity index (χ3v) is 2.00. The SMILES string of the molecule is C/C=C/CC(C)(CO)C(C)=O. The molecule has 0 aromatic rings. The van der Waals surface area contributed by atoms with Crippen molar-refractivity contribution in [3.63, 3.8) is 0 Å². The molecule has 0 saturated carbocycles. The number of Topliss-reactive ketones (excluding diaryl/α,β-unsaturated/α-hetero) is 1. The summed E-state index contributed by atoms with van der Waals surface area (Å²) in [4.78, 5) is 11.0. The van der Waals surface area contributed by atoms with Crippen molar-refractivity contribution in [2.24, 2.45) is 5.41 Å². The Balaban J connectivity index is 4.22. The third-order valence-electron chi connectivity index (χ3n) is 2.00. The van der Waals surface area contributed by atoms with Gasteiger partial charge in [-0.15, -0.1) is 0 Å². The van der Waals surface area contributed by atoms with Crippen LogP contribution in [0.2, 0.25) is 0 Å². The molecule has 11 heavy (non-hydrogen) atoms. The molecule has 0 aliphatic rings. The molecule has 1 unspecified atom stereocenters. The van der Waals surface area contributed by atoms with E-state index in [0.29, 0.717) is 6.42 Å². The van der Waals surface area contributed by atoms with Gasteiger partial charge in [0.15, 0.2) is 0 Å². The van der Waals surface area contributed by atoms with Gasteiger partial charge >= 0.3 is 0 Å². The van der Waals surface area contributed by atoms with Gasteiger partial charge in [0.2, 0.25) is 0 Å². The lowest BCUT2D eigenvalue weighted by atomic mass is 9.84. The molecule has 0 aromatic heterocycles. The second-order valence-corrected chi connectivity index (χ2v) is 3.05. The minimum Gasteiger partial charge on any atom is -0.395 e. The van der Waals surface area contributed by atoms with E-state index in [4.69, 9.17) is 5.11 Å². The van der Waals surface area contributed by atoms with Gasteiger partial charge in [0.25, 0.3) is 0 Å². The molecular formula is C9H16O2. The lowest BCUT2D eigenvalue weighted by molar-refractivity contribution is -0.127. The summed E-state index contributed by atoms with van der Waals surface area (Å²) in [5.41, 5.74) is -0.577. The molecule has 2 nitrogen and oxygen atoms in total. The molecule has 0 saturated heterocycles. The van der Waals surface area contributed by atoms with E-state index in [9.17, 15) is 4.79 Å². The number of carbonyl (C=O) groups is 1. The van der Waals surface area contributed by atoms with Gasteiger partial charge in [-0.05, 0) is 20.3 Å². The molecule has 0 fully saturated rings. The van der Waals surface area contributed by atoms with Crippen molar-refractivity contribution in [3.05, 3.63) is 12.2 Å². The quantitative estimate of drug-likeness (QED) is 0.627. The predicted octanol–water partition coefficient (Wildman–Crippen LogP) is 1.54. The normalized spacial score (nSPS) is 16.7. The lowest BCUT2D eigenvalue weighted by Gasteiger charge is -2.21. The highest BCUT2D eigenvalue weighted by Gasteiger charge is 2.26. The number of allylic oxidation sites excluding steroid dienone is 2. The first-order chi connectivity index (χ1) is 5.06. The molecule has 1 atom stereocenters. The standard InChI is InChI=1S/C9H16O2/c1-4-5-6-9(3,7-10)8(2)11/h4-5,10H,6-7H2,1-3H3/b5-4+. The van der Waals surface area contributed by atoms with Crippen LogP contribution in [-0.4, -0.2) is 17.5 Å². The average molecular weight is 156 g/mol. The summed E-state index contributed by atoms with van der Waals surface area (Å²) in [5.74, 6) is 0.0399. The minimum absolute atomic E-state index is 0.0399. The van der Waals surface area contributed by atoms with E-state index in [1.54, 1.807) is 6.92 Å². The van der Waals surface area contributed by atoms with Crippen molar-refractivity contribution in [1.82, 2.24) is 0 Å². The maximum Gasteiger partial charge on any atom is 0.138 e. The molecule has 0 spiro atoms. The fourth-order valence-corrected chi connectivity index (χ4v) is 0.698. The van der Waals surface area contributed by atoms with Crippen LogP contribution in [0.1, 0.15) is 27.2 Å². The van der Waals surface area contributed by atoms with Gasteiger partial charge in [-0.25, -0.2) is 0 Å². The first-order valence-electron chi connectivity index (χ1n) is 3.80. The Hall–Kier alpha value is -0.630. The van der Waals surface area contributed by atoms with Gasteiger partial charge in [-0.3, -0.25) is 4.79 Å². The van der Waals surface area contributed by atoms with E-state index in [0.717, 1.165) is 0 Å². The van der Waals surface area contributed by atoms with Crippen molar-refractivity contribution in [1.29, 1.82) is 0 Å². The minimum atomic E-state index is -0.577. The van der Waals surface area contributed by atoms with Crippen molar-refractivity contribution in [2.45, 2.75) is 27.2 Å². The summed E-state index contributed by atoms with van der Waals surface area (Å²) in [6.07, 6.45) is 4.41. The second-order valence-electron chi connectivity index (χ2n) is 3.05. The summed E-state index contributed by atoms with van der Waals surface area (Å²) < 4.78 is 0.